The molecule has 0 fully saturated rings. The highest BCUT2D eigenvalue weighted by Gasteiger charge is 2.11. The topological polar surface area (TPSA) is 47.8 Å². The van der Waals surface area contributed by atoms with Gasteiger partial charge < -0.3 is 0 Å². The summed E-state index contributed by atoms with van der Waals surface area (Å²) in [6, 6.07) is 7.29. The highest BCUT2D eigenvalue weighted by atomic mass is 35.5. The van der Waals surface area contributed by atoms with Crippen LogP contribution in [-0.4, -0.2) is 14.5 Å². The Hall–Kier alpha value is -1.72. The third kappa shape index (κ3) is 2.27. The fourth-order valence-electron chi connectivity index (χ4n) is 1.96. The lowest BCUT2D eigenvalue weighted by Crippen LogP contribution is -2.25. The molecule has 3 rings (SSSR count). The monoisotopic (exact) mass is 291 g/mol. The van der Waals surface area contributed by atoms with Crippen molar-refractivity contribution in [3.63, 3.8) is 0 Å². The fraction of sp³-hybridized carbons (Fsp3) is 0.154. The van der Waals surface area contributed by atoms with E-state index in [1.54, 1.807) is 16.1 Å². The van der Waals surface area contributed by atoms with E-state index in [1.807, 2.05) is 23.6 Å². The Labute approximate surface area is 118 Å². The van der Waals surface area contributed by atoms with Gasteiger partial charge in [0, 0.05) is 5.38 Å². The second-order valence-electron chi connectivity index (χ2n) is 4.05. The first-order valence-electron chi connectivity index (χ1n) is 5.71. The van der Waals surface area contributed by atoms with E-state index < -0.39 is 0 Å². The van der Waals surface area contributed by atoms with Crippen LogP contribution >= 0.6 is 22.9 Å². The molecule has 0 unspecified atom stereocenters. The Morgan fingerprint density at radius 2 is 2.16 bits per heavy atom. The van der Waals surface area contributed by atoms with E-state index in [9.17, 15) is 4.79 Å². The minimum absolute atomic E-state index is 0.0748. The number of hydrogen-bond donors (Lipinski definition) is 0. The predicted octanol–water partition coefficient (Wildman–Crippen LogP) is 2.64. The number of para-hydroxylation sites is 1. The van der Waals surface area contributed by atoms with Crippen LogP contribution < -0.4 is 5.56 Å². The maximum Gasteiger partial charge on any atom is 0.261 e. The SMILES string of the molecule is O=c1c2ccccc2nc(CCl)n1Cc1cscn1. The molecule has 96 valence electrons. The van der Waals surface area contributed by atoms with Gasteiger partial charge in [-0.3, -0.25) is 9.36 Å². The highest BCUT2D eigenvalue weighted by Crippen LogP contribution is 2.11. The van der Waals surface area contributed by atoms with Crippen molar-refractivity contribution in [1.82, 2.24) is 14.5 Å². The quantitative estimate of drug-likeness (QED) is 0.697. The van der Waals surface area contributed by atoms with Crippen LogP contribution in [-0.2, 0) is 12.4 Å². The Morgan fingerprint density at radius 1 is 1.32 bits per heavy atom. The molecule has 0 atom stereocenters. The van der Waals surface area contributed by atoms with Crippen LogP contribution in [0.5, 0.6) is 0 Å². The second kappa shape index (κ2) is 5.11. The Kier molecular flexibility index (Phi) is 3.31. The van der Waals surface area contributed by atoms with E-state index in [-0.39, 0.29) is 11.4 Å². The van der Waals surface area contributed by atoms with Crippen LogP contribution in [0.2, 0.25) is 0 Å². The molecule has 0 amide bonds. The van der Waals surface area contributed by atoms with Gasteiger partial charge >= 0.3 is 0 Å². The summed E-state index contributed by atoms with van der Waals surface area (Å²) >= 11 is 7.41. The van der Waals surface area contributed by atoms with Crippen LogP contribution in [0.3, 0.4) is 0 Å². The molecular weight excluding hydrogens is 282 g/mol. The standard InChI is InChI=1S/C13H10ClN3OS/c14-5-12-16-11-4-2-1-3-10(11)13(18)17(12)6-9-7-19-8-15-9/h1-4,7-8H,5-6H2. The fourth-order valence-corrected chi connectivity index (χ4v) is 2.71. The lowest BCUT2D eigenvalue weighted by atomic mass is 10.2. The summed E-state index contributed by atoms with van der Waals surface area (Å²) in [7, 11) is 0. The van der Waals surface area contributed by atoms with Crippen molar-refractivity contribution in [3.8, 4) is 0 Å². The second-order valence-corrected chi connectivity index (χ2v) is 5.04. The van der Waals surface area contributed by atoms with Crippen molar-refractivity contribution in [3.05, 3.63) is 57.0 Å². The van der Waals surface area contributed by atoms with Gasteiger partial charge in [-0.1, -0.05) is 12.1 Å². The number of rotatable bonds is 3. The molecule has 2 heterocycles. The summed E-state index contributed by atoms with van der Waals surface area (Å²) in [6.07, 6.45) is 0. The van der Waals surface area contributed by atoms with Crippen LogP contribution in [0.25, 0.3) is 10.9 Å². The van der Waals surface area contributed by atoms with Gasteiger partial charge in [0.15, 0.2) is 0 Å². The smallest absolute Gasteiger partial charge is 0.261 e. The van der Waals surface area contributed by atoms with Crippen molar-refractivity contribution in [2.75, 3.05) is 0 Å². The molecule has 0 spiro atoms. The molecule has 0 saturated heterocycles. The molecule has 0 aliphatic heterocycles. The first kappa shape index (κ1) is 12.3. The first-order valence-corrected chi connectivity index (χ1v) is 7.19. The molecule has 0 bridgehead atoms. The zero-order valence-electron chi connectivity index (χ0n) is 9.91. The van der Waals surface area contributed by atoms with E-state index in [2.05, 4.69) is 9.97 Å². The van der Waals surface area contributed by atoms with Crippen LogP contribution in [0.4, 0.5) is 0 Å². The van der Waals surface area contributed by atoms with Crippen LogP contribution in [0, 0.1) is 0 Å². The number of aromatic nitrogens is 3. The van der Waals surface area contributed by atoms with Crippen molar-refractivity contribution in [1.29, 1.82) is 0 Å². The summed E-state index contributed by atoms with van der Waals surface area (Å²) in [6.45, 7) is 0.405. The van der Waals surface area contributed by atoms with Crippen molar-refractivity contribution >= 4 is 33.8 Å². The molecule has 19 heavy (non-hydrogen) atoms. The van der Waals surface area contributed by atoms with E-state index in [1.165, 1.54) is 11.3 Å². The molecule has 4 nitrogen and oxygen atoms in total. The van der Waals surface area contributed by atoms with E-state index in [0.717, 1.165) is 5.69 Å². The maximum absolute atomic E-state index is 12.5. The average Bonchev–Trinajstić information content (AvgIpc) is 2.95. The molecular formula is C13H10ClN3OS. The highest BCUT2D eigenvalue weighted by molar-refractivity contribution is 7.07. The molecule has 0 N–H and O–H groups in total. The van der Waals surface area contributed by atoms with Gasteiger partial charge in [-0.25, -0.2) is 9.97 Å². The van der Waals surface area contributed by atoms with Crippen LogP contribution in [0.15, 0.2) is 40.0 Å². The van der Waals surface area contributed by atoms with Gasteiger partial charge in [-0.15, -0.1) is 22.9 Å². The molecule has 2 aromatic heterocycles. The minimum Gasteiger partial charge on any atom is -0.289 e. The summed E-state index contributed by atoms with van der Waals surface area (Å²) in [5.41, 5.74) is 3.19. The minimum atomic E-state index is -0.0748. The zero-order valence-corrected chi connectivity index (χ0v) is 11.5. The summed E-state index contributed by atoms with van der Waals surface area (Å²) in [5.74, 6) is 0.767. The lowest BCUT2D eigenvalue weighted by Gasteiger charge is -2.10. The Balaban J connectivity index is 2.21. The van der Waals surface area contributed by atoms with Crippen molar-refractivity contribution in [2.24, 2.45) is 0 Å². The lowest BCUT2D eigenvalue weighted by molar-refractivity contribution is 0.695. The third-order valence-electron chi connectivity index (χ3n) is 2.86. The van der Waals surface area contributed by atoms with Gasteiger partial charge in [-0.2, -0.15) is 0 Å². The van der Waals surface area contributed by atoms with Crippen molar-refractivity contribution in [2.45, 2.75) is 12.4 Å². The number of halogens is 1. The van der Waals surface area contributed by atoms with Crippen LogP contribution in [0.1, 0.15) is 11.5 Å². The number of nitrogens with zero attached hydrogens (tertiary/aromatic N) is 3. The van der Waals surface area contributed by atoms with E-state index in [0.29, 0.717) is 23.3 Å². The summed E-state index contributed by atoms with van der Waals surface area (Å²) in [4.78, 5) is 21.1. The van der Waals surface area contributed by atoms with E-state index in [4.69, 9.17) is 11.6 Å². The number of fused-ring (bicyclic) bond motifs is 1. The van der Waals surface area contributed by atoms with Gasteiger partial charge in [0.25, 0.3) is 5.56 Å². The molecule has 0 aliphatic rings. The molecule has 1 aromatic carbocycles. The molecule has 3 aromatic rings. The predicted molar refractivity (Wildman–Crippen MR) is 76.8 cm³/mol. The molecule has 0 aliphatic carbocycles. The van der Waals surface area contributed by atoms with Gasteiger partial charge in [0.05, 0.1) is 34.5 Å². The van der Waals surface area contributed by atoms with E-state index >= 15 is 0 Å². The van der Waals surface area contributed by atoms with Gasteiger partial charge in [0.2, 0.25) is 0 Å². The third-order valence-corrected chi connectivity index (χ3v) is 3.74. The molecule has 0 radical (unpaired) electrons. The summed E-state index contributed by atoms with van der Waals surface area (Å²) < 4.78 is 1.59. The number of alkyl halides is 1. The van der Waals surface area contributed by atoms with Crippen molar-refractivity contribution < 1.29 is 0 Å². The Bertz CT molecular complexity index is 767. The first-order chi connectivity index (χ1) is 9.29. The molecule has 6 heteroatoms. The summed E-state index contributed by atoms with van der Waals surface area (Å²) in [5, 5.41) is 2.52. The van der Waals surface area contributed by atoms with Gasteiger partial charge in [0.1, 0.15) is 5.82 Å². The maximum atomic E-state index is 12.5. The van der Waals surface area contributed by atoms with Gasteiger partial charge in [-0.05, 0) is 12.1 Å². The Morgan fingerprint density at radius 3 is 2.89 bits per heavy atom. The number of hydrogen-bond acceptors (Lipinski definition) is 4. The number of benzene rings is 1. The normalized spacial score (nSPS) is 11.0. The largest absolute Gasteiger partial charge is 0.289 e. The number of thiazole rings is 1. The average molecular weight is 292 g/mol. The molecule has 0 saturated carbocycles. The zero-order chi connectivity index (χ0) is 13.2.